The summed E-state index contributed by atoms with van der Waals surface area (Å²) in [5.74, 6) is 1.82. The van der Waals surface area contributed by atoms with Crippen molar-refractivity contribution in [2.75, 3.05) is 13.7 Å². The molecule has 0 spiro atoms. The van der Waals surface area contributed by atoms with Crippen LogP contribution in [0.1, 0.15) is 23.9 Å². The monoisotopic (exact) mass is 473 g/mol. The molecule has 2 aromatic carbocycles. The summed E-state index contributed by atoms with van der Waals surface area (Å²) in [5, 5.41) is 12.2. The molecule has 0 aliphatic carbocycles. The Balaban J connectivity index is 1.39. The molecular weight excluding hydrogens is 450 g/mol. The third-order valence-corrected chi connectivity index (χ3v) is 5.57. The van der Waals surface area contributed by atoms with Crippen molar-refractivity contribution in [1.29, 1.82) is 0 Å². The number of rotatable bonds is 8. The average molecular weight is 473 g/mol. The molecule has 178 valence electrons. The fourth-order valence-electron chi connectivity index (χ4n) is 3.72. The Labute approximate surface area is 199 Å². The van der Waals surface area contributed by atoms with Crippen LogP contribution in [-0.4, -0.2) is 48.4 Å². The van der Waals surface area contributed by atoms with E-state index >= 15 is 0 Å². The van der Waals surface area contributed by atoms with E-state index in [0.717, 1.165) is 11.1 Å². The highest BCUT2D eigenvalue weighted by molar-refractivity contribution is 5.68. The van der Waals surface area contributed by atoms with Gasteiger partial charge in [-0.05, 0) is 43.2 Å². The molecule has 0 atom stereocenters. The highest BCUT2D eigenvalue weighted by atomic mass is 16.5. The first kappa shape index (κ1) is 22.3. The summed E-state index contributed by atoms with van der Waals surface area (Å²) in [6, 6.07) is 13.3. The van der Waals surface area contributed by atoms with Gasteiger partial charge in [0.15, 0.2) is 22.7 Å². The Hall–Kier alpha value is -4.54. The van der Waals surface area contributed by atoms with E-state index in [1.54, 1.807) is 23.9 Å². The molecule has 0 bridgehead atoms. The molecule has 0 radical (unpaired) electrons. The van der Waals surface area contributed by atoms with E-state index < -0.39 is 0 Å². The van der Waals surface area contributed by atoms with Crippen LogP contribution in [-0.2, 0) is 13.1 Å². The molecule has 0 amide bonds. The third-order valence-electron chi connectivity index (χ3n) is 5.57. The minimum Gasteiger partial charge on any atom is -0.493 e. The van der Waals surface area contributed by atoms with Crippen LogP contribution in [0.4, 0.5) is 0 Å². The topological polar surface area (TPSA) is 123 Å². The van der Waals surface area contributed by atoms with Crippen LogP contribution in [0.15, 0.2) is 58.1 Å². The first-order valence-electron chi connectivity index (χ1n) is 11.0. The van der Waals surface area contributed by atoms with Crippen molar-refractivity contribution in [3.8, 4) is 22.9 Å². The molecule has 3 heterocycles. The molecule has 11 nitrogen and oxygen atoms in total. The van der Waals surface area contributed by atoms with Gasteiger partial charge in [-0.15, -0.1) is 5.10 Å². The zero-order valence-electron chi connectivity index (χ0n) is 19.5. The van der Waals surface area contributed by atoms with E-state index in [0.29, 0.717) is 41.7 Å². The number of methoxy groups -OCH3 is 1. The second kappa shape index (κ2) is 9.37. The van der Waals surface area contributed by atoms with Gasteiger partial charge in [-0.3, -0.25) is 9.36 Å². The zero-order valence-corrected chi connectivity index (χ0v) is 19.5. The van der Waals surface area contributed by atoms with E-state index in [-0.39, 0.29) is 23.5 Å². The second-order valence-electron chi connectivity index (χ2n) is 7.83. The smallest absolute Gasteiger partial charge is 0.283 e. The van der Waals surface area contributed by atoms with Gasteiger partial charge in [0.1, 0.15) is 12.9 Å². The lowest BCUT2D eigenvalue weighted by atomic mass is 10.1. The molecule has 11 heteroatoms. The standard InChI is InChI=1S/C24H23N7O4/c1-4-34-18-10-9-16(11-19(18)33-3)22-26-20(35-28-22)13-30-14-25-23-21(24(30)32)27-29-31(23)12-17-8-6-5-7-15(17)2/h5-11,14H,4,12-13H2,1-3H3. The van der Waals surface area contributed by atoms with Crippen molar-refractivity contribution in [3.63, 3.8) is 0 Å². The van der Waals surface area contributed by atoms with Crippen molar-refractivity contribution >= 4 is 11.2 Å². The predicted octanol–water partition coefficient (Wildman–Crippen LogP) is 2.85. The number of nitrogens with zero attached hydrogens (tertiary/aromatic N) is 7. The van der Waals surface area contributed by atoms with E-state index in [9.17, 15) is 4.79 Å². The predicted molar refractivity (Wildman–Crippen MR) is 126 cm³/mol. The summed E-state index contributed by atoms with van der Waals surface area (Å²) < 4.78 is 19.3. The molecule has 0 saturated carbocycles. The van der Waals surface area contributed by atoms with E-state index in [4.69, 9.17) is 14.0 Å². The highest BCUT2D eigenvalue weighted by Gasteiger charge is 2.16. The Morgan fingerprint density at radius 1 is 1.09 bits per heavy atom. The van der Waals surface area contributed by atoms with Crippen LogP contribution in [0.5, 0.6) is 11.5 Å². The summed E-state index contributed by atoms with van der Waals surface area (Å²) in [5.41, 5.74) is 3.16. The lowest BCUT2D eigenvalue weighted by Crippen LogP contribution is -2.21. The molecule has 5 aromatic rings. The fourth-order valence-corrected chi connectivity index (χ4v) is 3.72. The Morgan fingerprint density at radius 2 is 1.94 bits per heavy atom. The van der Waals surface area contributed by atoms with Crippen molar-refractivity contribution in [2.24, 2.45) is 0 Å². The Kier molecular flexibility index (Phi) is 5.96. The lowest BCUT2D eigenvalue weighted by molar-refractivity contribution is 0.311. The van der Waals surface area contributed by atoms with Gasteiger partial charge in [0.25, 0.3) is 5.56 Å². The highest BCUT2D eigenvalue weighted by Crippen LogP contribution is 2.31. The first-order valence-corrected chi connectivity index (χ1v) is 11.0. The molecule has 5 rings (SSSR count). The molecule has 0 unspecified atom stereocenters. The molecule has 0 N–H and O–H groups in total. The fraction of sp³-hybridized carbons (Fsp3) is 0.250. The maximum Gasteiger partial charge on any atom is 0.283 e. The molecule has 35 heavy (non-hydrogen) atoms. The number of aryl methyl sites for hydroxylation is 1. The summed E-state index contributed by atoms with van der Waals surface area (Å²) in [6.45, 7) is 4.97. The minimum absolute atomic E-state index is 0.0492. The zero-order chi connectivity index (χ0) is 24.4. The van der Waals surface area contributed by atoms with E-state index in [2.05, 4.69) is 25.4 Å². The Morgan fingerprint density at radius 3 is 2.74 bits per heavy atom. The van der Waals surface area contributed by atoms with Crippen LogP contribution in [0.3, 0.4) is 0 Å². The van der Waals surface area contributed by atoms with Gasteiger partial charge in [0, 0.05) is 5.56 Å². The van der Waals surface area contributed by atoms with Gasteiger partial charge in [0.2, 0.25) is 11.7 Å². The third kappa shape index (κ3) is 4.35. The van der Waals surface area contributed by atoms with E-state index in [1.807, 2.05) is 44.2 Å². The largest absolute Gasteiger partial charge is 0.493 e. The number of aromatic nitrogens is 7. The number of ether oxygens (including phenoxy) is 2. The first-order chi connectivity index (χ1) is 17.1. The van der Waals surface area contributed by atoms with Gasteiger partial charge in [0.05, 0.1) is 20.3 Å². The average Bonchev–Trinajstić information content (AvgIpc) is 3.50. The van der Waals surface area contributed by atoms with Gasteiger partial charge >= 0.3 is 0 Å². The van der Waals surface area contributed by atoms with Crippen LogP contribution >= 0.6 is 0 Å². The number of hydrogen-bond donors (Lipinski definition) is 0. The summed E-state index contributed by atoms with van der Waals surface area (Å²) in [7, 11) is 1.57. The van der Waals surface area contributed by atoms with Gasteiger partial charge in [-0.25, -0.2) is 9.67 Å². The van der Waals surface area contributed by atoms with Crippen molar-refractivity contribution in [2.45, 2.75) is 26.9 Å². The molecular formula is C24H23N7O4. The van der Waals surface area contributed by atoms with Gasteiger partial charge in [-0.2, -0.15) is 4.98 Å². The number of benzene rings is 2. The lowest BCUT2D eigenvalue weighted by Gasteiger charge is -2.09. The number of fused-ring (bicyclic) bond motifs is 1. The quantitative estimate of drug-likeness (QED) is 0.335. The maximum atomic E-state index is 13.0. The molecule has 0 aliphatic heterocycles. The molecule has 3 aromatic heterocycles. The van der Waals surface area contributed by atoms with Gasteiger partial charge in [-0.1, -0.05) is 34.6 Å². The summed E-state index contributed by atoms with van der Waals surface area (Å²) in [6.07, 6.45) is 1.44. The van der Waals surface area contributed by atoms with Crippen molar-refractivity contribution < 1.29 is 14.0 Å². The van der Waals surface area contributed by atoms with Crippen LogP contribution in [0.25, 0.3) is 22.6 Å². The van der Waals surface area contributed by atoms with Gasteiger partial charge < -0.3 is 14.0 Å². The van der Waals surface area contributed by atoms with Crippen LogP contribution in [0, 0.1) is 6.92 Å². The van der Waals surface area contributed by atoms with Crippen LogP contribution in [0.2, 0.25) is 0 Å². The summed E-state index contributed by atoms with van der Waals surface area (Å²) in [4.78, 5) is 21.8. The molecule has 0 fully saturated rings. The normalized spacial score (nSPS) is 11.2. The van der Waals surface area contributed by atoms with E-state index in [1.165, 1.54) is 10.9 Å². The van der Waals surface area contributed by atoms with Crippen molar-refractivity contribution in [1.82, 2.24) is 34.7 Å². The second-order valence-corrected chi connectivity index (χ2v) is 7.83. The molecule has 0 aliphatic rings. The SMILES string of the molecule is CCOc1ccc(-c2noc(Cn3cnc4c(nnn4Cc4ccccc4C)c3=O)n2)cc1OC. The molecule has 0 saturated heterocycles. The maximum absolute atomic E-state index is 13.0. The summed E-state index contributed by atoms with van der Waals surface area (Å²) >= 11 is 0. The van der Waals surface area contributed by atoms with Crippen LogP contribution < -0.4 is 15.0 Å². The van der Waals surface area contributed by atoms with Crippen molar-refractivity contribution in [3.05, 3.63) is 76.2 Å². The number of hydrogen-bond acceptors (Lipinski definition) is 9. The minimum atomic E-state index is -0.339. The Bertz CT molecular complexity index is 1550.